The summed E-state index contributed by atoms with van der Waals surface area (Å²) in [6.07, 6.45) is 0.0788. The smallest absolute Gasteiger partial charge is 0.410 e. The number of carbonyl (C=O) groups is 1. The van der Waals surface area contributed by atoms with Crippen LogP contribution in [0.25, 0.3) is 0 Å². The number of hydrogen-bond donors (Lipinski definition) is 1. The van der Waals surface area contributed by atoms with E-state index in [2.05, 4.69) is 4.72 Å². The van der Waals surface area contributed by atoms with Gasteiger partial charge < -0.3 is 9.64 Å². The van der Waals surface area contributed by atoms with Gasteiger partial charge >= 0.3 is 6.09 Å². The first-order chi connectivity index (χ1) is 11.0. The van der Waals surface area contributed by atoms with E-state index in [9.17, 15) is 13.2 Å². The molecule has 0 bridgehead atoms. The van der Waals surface area contributed by atoms with Gasteiger partial charge in [0.15, 0.2) is 0 Å². The second-order valence-corrected chi connectivity index (χ2v) is 8.47. The largest absolute Gasteiger partial charge is 0.444 e. The molecule has 0 aliphatic carbocycles. The van der Waals surface area contributed by atoms with E-state index in [0.717, 1.165) is 0 Å². The molecule has 0 fully saturated rings. The van der Waals surface area contributed by atoms with E-state index in [-0.39, 0.29) is 11.4 Å². The summed E-state index contributed by atoms with van der Waals surface area (Å²) in [4.78, 5) is 13.7. The molecule has 0 heterocycles. The topological polar surface area (TPSA) is 75.7 Å². The van der Waals surface area contributed by atoms with E-state index in [0.29, 0.717) is 24.5 Å². The fourth-order valence-corrected chi connectivity index (χ4v) is 3.27. The molecule has 0 aromatic heterocycles. The molecule has 24 heavy (non-hydrogen) atoms. The average molecular weight is 377 g/mol. The van der Waals surface area contributed by atoms with Crippen LogP contribution in [-0.2, 0) is 14.8 Å². The highest BCUT2D eigenvalue weighted by atomic mass is 35.5. The zero-order valence-corrected chi connectivity index (χ0v) is 16.1. The van der Waals surface area contributed by atoms with Crippen molar-refractivity contribution >= 4 is 27.7 Å². The molecule has 0 aliphatic heterocycles. The molecule has 8 heteroatoms. The number of sulfonamides is 1. The third-order valence-electron chi connectivity index (χ3n) is 3.04. The number of rotatable bonds is 7. The summed E-state index contributed by atoms with van der Waals surface area (Å²) < 4.78 is 32.1. The molecule has 1 N–H and O–H groups in total. The van der Waals surface area contributed by atoms with Crippen LogP contribution < -0.4 is 4.72 Å². The highest BCUT2D eigenvalue weighted by Crippen LogP contribution is 2.15. The standard InChI is InChI=1S/C16H25ClN2O4S/c1-5-19(15(20)23-16(2,3)4)11-7-10-18-24(21,22)14-9-6-8-13(17)12-14/h6,8-9,12,18H,5,7,10-11H2,1-4H3. The van der Waals surface area contributed by atoms with Crippen LogP contribution in [0.15, 0.2) is 29.2 Å². The Morgan fingerprint density at radius 3 is 2.54 bits per heavy atom. The Balaban J connectivity index is 2.50. The fourth-order valence-electron chi connectivity index (χ4n) is 1.90. The molecule has 1 aromatic rings. The number of ether oxygens (including phenoxy) is 1. The maximum Gasteiger partial charge on any atom is 0.410 e. The predicted molar refractivity (Wildman–Crippen MR) is 94.7 cm³/mol. The number of amides is 1. The van der Waals surface area contributed by atoms with Gasteiger partial charge in [0.2, 0.25) is 10.0 Å². The first kappa shape index (κ1) is 20.7. The number of carbonyl (C=O) groups excluding carboxylic acids is 1. The molecule has 0 saturated carbocycles. The average Bonchev–Trinajstić information content (AvgIpc) is 2.45. The molecule has 1 rings (SSSR count). The summed E-state index contributed by atoms with van der Waals surface area (Å²) in [6, 6.07) is 6.06. The van der Waals surface area contributed by atoms with Crippen molar-refractivity contribution in [3.63, 3.8) is 0 Å². The number of hydrogen-bond acceptors (Lipinski definition) is 4. The van der Waals surface area contributed by atoms with Crippen molar-refractivity contribution in [2.24, 2.45) is 0 Å². The van der Waals surface area contributed by atoms with Gasteiger partial charge in [-0.15, -0.1) is 0 Å². The molecule has 1 aromatic carbocycles. The van der Waals surface area contributed by atoms with Crippen molar-refractivity contribution < 1.29 is 17.9 Å². The summed E-state index contributed by atoms with van der Waals surface area (Å²) in [5, 5.41) is 0.361. The lowest BCUT2D eigenvalue weighted by molar-refractivity contribution is 0.0259. The third-order valence-corrected chi connectivity index (χ3v) is 4.73. The Morgan fingerprint density at radius 1 is 1.33 bits per heavy atom. The minimum atomic E-state index is -3.61. The summed E-state index contributed by atoms with van der Waals surface area (Å²) in [5.74, 6) is 0. The molecule has 0 aliphatic rings. The lowest BCUT2D eigenvalue weighted by Crippen LogP contribution is -2.38. The van der Waals surface area contributed by atoms with Gasteiger partial charge in [-0.2, -0.15) is 0 Å². The van der Waals surface area contributed by atoms with Gasteiger partial charge in [-0.05, 0) is 52.3 Å². The third kappa shape index (κ3) is 7.07. The van der Waals surface area contributed by atoms with Gasteiger partial charge in [0.1, 0.15) is 5.60 Å². The van der Waals surface area contributed by atoms with Gasteiger partial charge in [0.25, 0.3) is 0 Å². The molecular weight excluding hydrogens is 352 g/mol. The summed E-state index contributed by atoms with van der Waals surface area (Å²) in [5.41, 5.74) is -0.557. The van der Waals surface area contributed by atoms with E-state index in [1.165, 1.54) is 12.1 Å². The van der Waals surface area contributed by atoms with Crippen molar-refractivity contribution in [3.8, 4) is 0 Å². The maximum absolute atomic E-state index is 12.1. The molecule has 0 saturated heterocycles. The Hall–Kier alpha value is -1.31. The zero-order chi connectivity index (χ0) is 18.4. The Labute approximate surface area is 149 Å². The highest BCUT2D eigenvalue weighted by Gasteiger charge is 2.21. The molecule has 0 unspecified atom stereocenters. The quantitative estimate of drug-likeness (QED) is 0.741. The first-order valence-electron chi connectivity index (χ1n) is 7.78. The van der Waals surface area contributed by atoms with Gasteiger partial charge in [-0.3, -0.25) is 0 Å². The SMILES string of the molecule is CCN(CCCNS(=O)(=O)c1cccc(Cl)c1)C(=O)OC(C)(C)C. The minimum Gasteiger partial charge on any atom is -0.444 e. The van der Waals surface area contributed by atoms with E-state index < -0.39 is 21.7 Å². The summed E-state index contributed by atoms with van der Waals surface area (Å²) in [7, 11) is -3.61. The second kappa shape index (κ2) is 8.69. The number of benzene rings is 1. The van der Waals surface area contributed by atoms with Crippen LogP contribution in [0.1, 0.15) is 34.1 Å². The molecule has 0 radical (unpaired) electrons. The molecule has 0 atom stereocenters. The highest BCUT2D eigenvalue weighted by molar-refractivity contribution is 7.89. The summed E-state index contributed by atoms with van der Waals surface area (Å²) >= 11 is 5.81. The summed E-state index contributed by atoms with van der Waals surface area (Å²) in [6.45, 7) is 8.38. The minimum absolute atomic E-state index is 0.120. The van der Waals surface area contributed by atoms with Crippen LogP contribution >= 0.6 is 11.6 Å². The fraction of sp³-hybridized carbons (Fsp3) is 0.562. The van der Waals surface area contributed by atoms with Gasteiger partial charge in [0.05, 0.1) is 4.90 Å². The van der Waals surface area contributed by atoms with E-state index in [1.54, 1.807) is 37.8 Å². The maximum atomic E-state index is 12.1. The molecule has 1 amide bonds. The number of nitrogens with zero attached hydrogens (tertiary/aromatic N) is 1. The van der Waals surface area contributed by atoms with E-state index >= 15 is 0 Å². The van der Waals surface area contributed by atoms with Crippen LogP contribution in [0.3, 0.4) is 0 Å². The first-order valence-corrected chi connectivity index (χ1v) is 9.64. The Morgan fingerprint density at radius 2 is 2.00 bits per heavy atom. The van der Waals surface area contributed by atoms with Gasteiger partial charge in [-0.1, -0.05) is 17.7 Å². The normalized spacial score (nSPS) is 12.0. The molecular formula is C16H25ClN2O4S. The number of nitrogens with one attached hydrogen (secondary N) is 1. The van der Waals surface area contributed by atoms with Gasteiger partial charge in [-0.25, -0.2) is 17.9 Å². The number of halogens is 1. The van der Waals surface area contributed by atoms with Crippen molar-refractivity contribution in [2.45, 2.75) is 44.6 Å². The van der Waals surface area contributed by atoms with Gasteiger partial charge in [0, 0.05) is 24.7 Å². The van der Waals surface area contributed by atoms with E-state index in [1.807, 2.05) is 6.92 Å². The van der Waals surface area contributed by atoms with Crippen LogP contribution in [-0.4, -0.2) is 44.6 Å². The van der Waals surface area contributed by atoms with Crippen LogP contribution in [0.5, 0.6) is 0 Å². The van der Waals surface area contributed by atoms with Crippen molar-refractivity contribution in [3.05, 3.63) is 29.3 Å². The van der Waals surface area contributed by atoms with Crippen LogP contribution in [0, 0.1) is 0 Å². The molecule has 136 valence electrons. The molecule has 0 spiro atoms. The van der Waals surface area contributed by atoms with Crippen molar-refractivity contribution in [1.29, 1.82) is 0 Å². The van der Waals surface area contributed by atoms with Crippen LogP contribution in [0.4, 0.5) is 4.79 Å². The lowest BCUT2D eigenvalue weighted by atomic mass is 10.2. The van der Waals surface area contributed by atoms with E-state index in [4.69, 9.17) is 16.3 Å². The zero-order valence-electron chi connectivity index (χ0n) is 14.5. The second-order valence-electron chi connectivity index (χ2n) is 6.27. The predicted octanol–water partition coefficient (Wildman–Crippen LogP) is 3.27. The monoisotopic (exact) mass is 376 g/mol. The van der Waals surface area contributed by atoms with Crippen LogP contribution in [0.2, 0.25) is 5.02 Å². The lowest BCUT2D eigenvalue weighted by Gasteiger charge is -2.26. The Kier molecular flexibility index (Phi) is 7.51. The Bertz CT molecular complexity index is 656. The van der Waals surface area contributed by atoms with Crippen molar-refractivity contribution in [1.82, 2.24) is 9.62 Å². The van der Waals surface area contributed by atoms with Crippen molar-refractivity contribution in [2.75, 3.05) is 19.6 Å². The molecule has 6 nitrogen and oxygen atoms in total.